The van der Waals surface area contributed by atoms with Crippen molar-refractivity contribution >= 4 is 27.7 Å². The number of rotatable bonds is 0. The highest BCUT2D eigenvalue weighted by Gasteiger charge is 2.17. The minimum absolute atomic E-state index is 0.116. The van der Waals surface area contributed by atoms with Crippen LogP contribution in [0.25, 0.3) is 0 Å². The van der Waals surface area contributed by atoms with Crippen molar-refractivity contribution in [3.8, 4) is 0 Å². The molecule has 1 heterocycles. The molecule has 0 saturated heterocycles. The molecule has 0 spiro atoms. The van der Waals surface area contributed by atoms with Crippen molar-refractivity contribution in [3.63, 3.8) is 0 Å². The van der Waals surface area contributed by atoms with Crippen molar-refractivity contribution in [2.45, 2.75) is 6.61 Å². The summed E-state index contributed by atoms with van der Waals surface area (Å²) in [6, 6.07) is 2.85. The van der Waals surface area contributed by atoms with E-state index in [0.717, 1.165) is 0 Å². The largest absolute Gasteiger partial charge is 0.444 e. The molecular formula is C8H5BrFNO2. The Bertz CT molecular complexity index is 381. The van der Waals surface area contributed by atoms with Gasteiger partial charge in [0.25, 0.3) is 0 Å². The van der Waals surface area contributed by atoms with Crippen LogP contribution < -0.4 is 5.32 Å². The third-order valence-electron chi connectivity index (χ3n) is 1.74. The first kappa shape index (κ1) is 8.50. The third-order valence-corrected chi connectivity index (χ3v) is 2.35. The Morgan fingerprint density at radius 2 is 2.31 bits per heavy atom. The number of nitrogens with one attached hydrogen (secondary N) is 1. The van der Waals surface area contributed by atoms with E-state index in [9.17, 15) is 9.18 Å². The summed E-state index contributed by atoms with van der Waals surface area (Å²) >= 11 is 3.03. The highest BCUT2D eigenvalue weighted by molar-refractivity contribution is 9.10. The molecule has 0 saturated carbocycles. The first-order valence-corrected chi connectivity index (χ1v) is 4.38. The molecular weight excluding hydrogens is 241 g/mol. The Labute approximate surface area is 82.0 Å². The van der Waals surface area contributed by atoms with E-state index >= 15 is 0 Å². The zero-order valence-electron chi connectivity index (χ0n) is 6.43. The molecule has 13 heavy (non-hydrogen) atoms. The molecule has 68 valence electrons. The van der Waals surface area contributed by atoms with Gasteiger partial charge in [0, 0.05) is 5.56 Å². The van der Waals surface area contributed by atoms with Gasteiger partial charge in [0.1, 0.15) is 12.4 Å². The summed E-state index contributed by atoms with van der Waals surface area (Å²) in [5, 5.41) is 2.47. The minimum atomic E-state index is -0.508. The summed E-state index contributed by atoms with van der Waals surface area (Å²) in [5.41, 5.74) is 1.23. The molecule has 2 rings (SSSR count). The van der Waals surface area contributed by atoms with Gasteiger partial charge in [-0.25, -0.2) is 9.18 Å². The lowest BCUT2D eigenvalue weighted by Gasteiger charge is -2.17. The molecule has 1 aliphatic heterocycles. The van der Waals surface area contributed by atoms with Crippen LogP contribution in [0, 0.1) is 5.82 Å². The van der Waals surface area contributed by atoms with Gasteiger partial charge in [0.05, 0.1) is 10.2 Å². The molecule has 0 unspecified atom stereocenters. The van der Waals surface area contributed by atoms with Crippen LogP contribution in [0.4, 0.5) is 14.9 Å². The lowest BCUT2D eigenvalue weighted by Crippen LogP contribution is -2.20. The highest BCUT2D eigenvalue weighted by atomic mass is 79.9. The van der Waals surface area contributed by atoms with Crippen LogP contribution in [0.5, 0.6) is 0 Å². The summed E-state index contributed by atoms with van der Waals surface area (Å²) in [5.74, 6) is -0.363. The highest BCUT2D eigenvalue weighted by Crippen LogP contribution is 2.27. The van der Waals surface area contributed by atoms with E-state index in [1.165, 1.54) is 12.1 Å². The number of hydrogen-bond donors (Lipinski definition) is 1. The normalized spacial score (nSPS) is 14.5. The van der Waals surface area contributed by atoms with E-state index < -0.39 is 6.09 Å². The quantitative estimate of drug-likeness (QED) is 0.764. The molecule has 1 N–H and O–H groups in total. The summed E-state index contributed by atoms with van der Waals surface area (Å²) in [7, 11) is 0. The Hall–Kier alpha value is -1.10. The van der Waals surface area contributed by atoms with E-state index in [0.29, 0.717) is 15.7 Å². The molecule has 1 amide bonds. The number of benzene rings is 1. The number of fused-ring (bicyclic) bond motifs is 1. The fourth-order valence-electron chi connectivity index (χ4n) is 1.11. The van der Waals surface area contributed by atoms with Crippen LogP contribution in [-0.2, 0) is 11.3 Å². The number of amides is 1. The molecule has 1 aliphatic rings. The maximum atomic E-state index is 13.0. The molecule has 0 atom stereocenters. The standard InChI is InChI=1S/C8H5BrFNO2/c9-5-2-7-4(1-6(5)10)3-13-8(12)11-7/h1-2H,3H2,(H,11,12). The van der Waals surface area contributed by atoms with Gasteiger partial charge >= 0.3 is 6.09 Å². The van der Waals surface area contributed by atoms with Crippen molar-refractivity contribution < 1.29 is 13.9 Å². The van der Waals surface area contributed by atoms with Gasteiger partial charge in [-0.15, -0.1) is 0 Å². The van der Waals surface area contributed by atoms with E-state index in [-0.39, 0.29) is 12.4 Å². The van der Waals surface area contributed by atoms with Gasteiger partial charge in [-0.1, -0.05) is 0 Å². The van der Waals surface area contributed by atoms with Crippen LogP contribution in [0.15, 0.2) is 16.6 Å². The van der Waals surface area contributed by atoms with Crippen molar-refractivity contribution in [1.29, 1.82) is 0 Å². The van der Waals surface area contributed by atoms with E-state index in [1.807, 2.05) is 0 Å². The Kier molecular flexibility index (Phi) is 1.95. The SMILES string of the molecule is O=C1Nc2cc(Br)c(F)cc2CO1. The Morgan fingerprint density at radius 3 is 3.08 bits per heavy atom. The lowest BCUT2D eigenvalue weighted by atomic mass is 10.1. The van der Waals surface area contributed by atoms with E-state index in [4.69, 9.17) is 0 Å². The topological polar surface area (TPSA) is 38.3 Å². The monoisotopic (exact) mass is 245 g/mol. The predicted molar refractivity (Wildman–Crippen MR) is 47.9 cm³/mol. The first-order chi connectivity index (χ1) is 6.16. The number of halogens is 2. The van der Waals surface area contributed by atoms with Gasteiger partial charge in [0.2, 0.25) is 0 Å². The van der Waals surface area contributed by atoms with Gasteiger partial charge in [0.15, 0.2) is 0 Å². The Morgan fingerprint density at radius 1 is 1.54 bits per heavy atom. The summed E-state index contributed by atoms with van der Waals surface area (Å²) in [4.78, 5) is 10.8. The summed E-state index contributed by atoms with van der Waals surface area (Å²) in [6.45, 7) is 0.116. The van der Waals surface area contributed by atoms with Crippen LogP contribution in [-0.4, -0.2) is 6.09 Å². The third kappa shape index (κ3) is 1.51. The maximum absolute atomic E-state index is 13.0. The smallest absolute Gasteiger partial charge is 0.411 e. The average molecular weight is 246 g/mol. The minimum Gasteiger partial charge on any atom is -0.444 e. The van der Waals surface area contributed by atoms with Crippen LogP contribution in [0.1, 0.15) is 5.56 Å². The number of cyclic esters (lactones) is 1. The second-order valence-electron chi connectivity index (χ2n) is 2.62. The number of hydrogen-bond acceptors (Lipinski definition) is 2. The molecule has 0 fully saturated rings. The number of anilines is 1. The maximum Gasteiger partial charge on any atom is 0.411 e. The van der Waals surface area contributed by atoms with Gasteiger partial charge in [-0.3, -0.25) is 5.32 Å². The van der Waals surface area contributed by atoms with Crippen LogP contribution in [0.2, 0.25) is 0 Å². The molecule has 0 bridgehead atoms. The van der Waals surface area contributed by atoms with Crippen molar-refractivity contribution in [1.82, 2.24) is 0 Å². The van der Waals surface area contributed by atoms with Crippen molar-refractivity contribution in [2.75, 3.05) is 5.32 Å². The van der Waals surface area contributed by atoms with Gasteiger partial charge in [-0.2, -0.15) is 0 Å². The fraction of sp³-hybridized carbons (Fsp3) is 0.125. The Balaban J connectivity index is 2.49. The first-order valence-electron chi connectivity index (χ1n) is 3.58. The van der Waals surface area contributed by atoms with Crippen LogP contribution in [0.3, 0.4) is 0 Å². The van der Waals surface area contributed by atoms with Gasteiger partial charge < -0.3 is 4.74 Å². The van der Waals surface area contributed by atoms with Crippen molar-refractivity contribution in [2.24, 2.45) is 0 Å². The zero-order valence-corrected chi connectivity index (χ0v) is 8.02. The number of carbonyl (C=O) groups is 1. The molecule has 1 aromatic rings. The molecule has 0 aromatic heterocycles. The molecule has 3 nitrogen and oxygen atoms in total. The molecule has 0 radical (unpaired) electrons. The summed E-state index contributed by atoms with van der Waals surface area (Å²) in [6.07, 6.45) is -0.508. The second-order valence-corrected chi connectivity index (χ2v) is 3.48. The average Bonchev–Trinajstić information content (AvgIpc) is 2.08. The lowest BCUT2D eigenvalue weighted by molar-refractivity contribution is 0.151. The summed E-state index contributed by atoms with van der Waals surface area (Å²) < 4.78 is 18.0. The van der Waals surface area contributed by atoms with Crippen molar-refractivity contribution in [3.05, 3.63) is 28.0 Å². The number of ether oxygens (including phenoxy) is 1. The number of carbonyl (C=O) groups excluding carboxylic acids is 1. The fourth-order valence-corrected chi connectivity index (χ4v) is 1.46. The van der Waals surface area contributed by atoms with Crippen LogP contribution >= 0.6 is 15.9 Å². The molecule has 0 aliphatic carbocycles. The zero-order chi connectivity index (χ0) is 9.42. The van der Waals surface area contributed by atoms with Gasteiger partial charge in [-0.05, 0) is 28.1 Å². The molecule has 1 aromatic carbocycles. The predicted octanol–water partition coefficient (Wildman–Crippen LogP) is 2.65. The van der Waals surface area contributed by atoms with E-state index in [1.54, 1.807) is 0 Å². The van der Waals surface area contributed by atoms with E-state index in [2.05, 4.69) is 26.0 Å². The molecule has 5 heteroatoms. The second kappa shape index (κ2) is 2.99.